The van der Waals surface area contributed by atoms with Crippen LogP contribution in [0.3, 0.4) is 0 Å². The van der Waals surface area contributed by atoms with E-state index in [1.165, 1.54) is 0 Å². The molecule has 2 rings (SSSR count). The van der Waals surface area contributed by atoms with Crippen molar-refractivity contribution in [2.24, 2.45) is 5.92 Å². The summed E-state index contributed by atoms with van der Waals surface area (Å²) in [7, 11) is -3.20. The van der Waals surface area contributed by atoms with Gasteiger partial charge >= 0.3 is 0 Å². The van der Waals surface area contributed by atoms with Gasteiger partial charge < -0.3 is 5.32 Å². The van der Waals surface area contributed by atoms with Gasteiger partial charge in [0, 0.05) is 37.1 Å². The van der Waals surface area contributed by atoms with Gasteiger partial charge in [0.2, 0.25) is 15.9 Å². The maximum Gasteiger partial charge on any atom is 0.223 e. The molecule has 0 unspecified atom stereocenters. The van der Waals surface area contributed by atoms with Crippen LogP contribution in [0.4, 0.5) is 0 Å². The van der Waals surface area contributed by atoms with Gasteiger partial charge in [0.15, 0.2) is 0 Å². The molecule has 19 heavy (non-hydrogen) atoms. The molecule has 1 aliphatic carbocycles. The molecule has 1 aliphatic heterocycles. The van der Waals surface area contributed by atoms with Crippen molar-refractivity contribution in [2.75, 3.05) is 36.9 Å². The molecule has 0 spiro atoms. The summed E-state index contributed by atoms with van der Waals surface area (Å²) in [6.07, 6.45) is 4.12. The van der Waals surface area contributed by atoms with E-state index >= 15 is 0 Å². The maximum absolute atomic E-state index is 12.1. The minimum atomic E-state index is -3.20. The molecule has 0 aromatic heterocycles. The summed E-state index contributed by atoms with van der Waals surface area (Å²) in [6, 6.07) is 0. The van der Waals surface area contributed by atoms with Crippen molar-refractivity contribution in [1.82, 2.24) is 9.62 Å². The first-order valence-electron chi connectivity index (χ1n) is 6.93. The van der Waals surface area contributed by atoms with E-state index in [0.717, 1.165) is 37.2 Å². The SMILES string of the molecule is O=C(NCCS(=O)(=O)N1CCSCC1)C1CCCC1. The van der Waals surface area contributed by atoms with E-state index in [4.69, 9.17) is 0 Å². The number of amides is 1. The van der Waals surface area contributed by atoms with Crippen molar-refractivity contribution in [3.63, 3.8) is 0 Å². The Hall–Kier alpha value is -0.270. The largest absolute Gasteiger partial charge is 0.355 e. The Bertz CT molecular complexity index is 399. The Morgan fingerprint density at radius 3 is 2.47 bits per heavy atom. The van der Waals surface area contributed by atoms with Gasteiger partial charge in [-0.1, -0.05) is 12.8 Å². The fraction of sp³-hybridized carbons (Fsp3) is 0.917. The molecule has 1 heterocycles. The lowest BCUT2D eigenvalue weighted by atomic mass is 10.1. The van der Waals surface area contributed by atoms with Gasteiger partial charge in [0.1, 0.15) is 0 Å². The molecule has 1 saturated carbocycles. The van der Waals surface area contributed by atoms with Gasteiger partial charge in [0.05, 0.1) is 5.75 Å². The van der Waals surface area contributed by atoms with Gasteiger partial charge in [0.25, 0.3) is 0 Å². The molecule has 0 aromatic carbocycles. The summed E-state index contributed by atoms with van der Waals surface area (Å²) in [6.45, 7) is 1.44. The number of carbonyl (C=O) groups excluding carboxylic acids is 1. The molecule has 2 aliphatic rings. The second kappa shape index (κ2) is 6.95. The van der Waals surface area contributed by atoms with Crippen LogP contribution in [0.1, 0.15) is 25.7 Å². The van der Waals surface area contributed by atoms with Crippen molar-refractivity contribution >= 4 is 27.7 Å². The zero-order valence-electron chi connectivity index (χ0n) is 11.1. The molecule has 0 bridgehead atoms. The van der Waals surface area contributed by atoms with Crippen LogP contribution in [-0.2, 0) is 14.8 Å². The standard InChI is InChI=1S/C12H22N2O3S2/c15-12(11-3-1-2-4-11)13-5-10-19(16,17)14-6-8-18-9-7-14/h11H,1-10H2,(H,13,15). The number of hydrogen-bond donors (Lipinski definition) is 1. The van der Waals surface area contributed by atoms with Crippen LogP contribution in [-0.4, -0.2) is 55.5 Å². The number of sulfonamides is 1. The highest BCUT2D eigenvalue weighted by molar-refractivity contribution is 7.99. The average Bonchev–Trinajstić information content (AvgIpc) is 2.93. The highest BCUT2D eigenvalue weighted by Gasteiger charge is 2.25. The zero-order valence-corrected chi connectivity index (χ0v) is 12.8. The van der Waals surface area contributed by atoms with Gasteiger partial charge in [-0.25, -0.2) is 12.7 Å². The van der Waals surface area contributed by atoms with E-state index in [2.05, 4.69) is 5.32 Å². The Morgan fingerprint density at radius 1 is 1.21 bits per heavy atom. The van der Waals surface area contributed by atoms with Crippen LogP contribution in [0.2, 0.25) is 0 Å². The number of hydrogen-bond acceptors (Lipinski definition) is 4. The topological polar surface area (TPSA) is 66.5 Å². The number of rotatable bonds is 5. The maximum atomic E-state index is 12.1. The van der Waals surface area contributed by atoms with E-state index in [1.807, 2.05) is 0 Å². The van der Waals surface area contributed by atoms with Gasteiger partial charge in [-0.2, -0.15) is 11.8 Å². The first-order chi connectivity index (χ1) is 9.09. The number of thioether (sulfide) groups is 1. The Labute approximate surface area is 119 Å². The van der Waals surface area contributed by atoms with Crippen LogP contribution in [0.25, 0.3) is 0 Å². The lowest BCUT2D eigenvalue weighted by molar-refractivity contribution is -0.124. The smallest absolute Gasteiger partial charge is 0.223 e. The van der Waals surface area contributed by atoms with Crippen molar-refractivity contribution in [1.29, 1.82) is 0 Å². The molecule has 5 nitrogen and oxygen atoms in total. The van der Waals surface area contributed by atoms with Crippen LogP contribution in [0.5, 0.6) is 0 Å². The fourth-order valence-electron chi connectivity index (χ4n) is 2.59. The van der Waals surface area contributed by atoms with Gasteiger partial charge in [-0.15, -0.1) is 0 Å². The second-order valence-corrected chi connectivity index (χ2v) is 8.41. The highest BCUT2D eigenvalue weighted by Crippen LogP contribution is 2.24. The third-order valence-electron chi connectivity index (χ3n) is 3.75. The molecule has 1 N–H and O–H groups in total. The van der Waals surface area contributed by atoms with Crippen LogP contribution in [0, 0.1) is 5.92 Å². The summed E-state index contributed by atoms with van der Waals surface area (Å²) >= 11 is 1.78. The average molecular weight is 306 g/mol. The van der Waals surface area contributed by atoms with E-state index in [0.29, 0.717) is 13.1 Å². The monoisotopic (exact) mass is 306 g/mol. The second-order valence-electron chi connectivity index (χ2n) is 5.10. The quantitative estimate of drug-likeness (QED) is 0.811. The number of nitrogens with zero attached hydrogens (tertiary/aromatic N) is 1. The summed E-state index contributed by atoms with van der Waals surface area (Å²) < 4.78 is 25.7. The molecule has 0 atom stereocenters. The molecule has 0 radical (unpaired) electrons. The first kappa shape index (κ1) is 15.1. The molecule has 1 amide bonds. The Kier molecular flexibility index (Phi) is 5.53. The third kappa shape index (κ3) is 4.36. The lowest BCUT2D eigenvalue weighted by Gasteiger charge is -2.25. The van der Waals surface area contributed by atoms with Gasteiger partial charge in [-0.05, 0) is 12.8 Å². The molecule has 7 heteroatoms. The van der Waals surface area contributed by atoms with Crippen LogP contribution in [0.15, 0.2) is 0 Å². The minimum Gasteiger partial charge on any atom is -0.355 e. The van der Waals surface area contributed by atoms with Gasteiger partial charge in [-0.3, -0.25) is 4.79 Å². The molecule has 0 aromatic rings. The fourth-order valence-corrected chi connectivity index (χ4v) is 5.08. The highest BCUT2D eigenvalue weighted by atomic mass is 32.2. The third-order valence-corrected chi connectivity index (χ3v) is 6.56. The van der Waals surface area contributed by atoms with Crippen molar-refractivity contribution < 1.29 is 13.2 Å². The van der Waals surface area contributed by atoms with E-state index in [-0.39, 0.29) is 24.1 Å². The molecular formula is C12H22N2O3S2. The van der Waals surface area contributed by atoms with Crippen LogP contribution < -0.4 is 5.32 Å². The summed E-state index contributed by atoms with van der Waals surface area (Å²) in [5, 5.41) is 2.77. The predicted molar refractivity (Wildman–Crippen MR) is 77.7 cm³/mol. The zero-order chi connectivity index (χ0) is 13.7. The number of nitrogens with one attached hydrogen (secondary N) is 1. The first-order valence-corrected chi connectivity index (χ1v) is 9.69. The minimum absolute atomic E-state index is 0.0239. The lowest BCUT2D eigenvalue weighted by Crippen LogP contribution is -2.42. The molecule has 110 valence electrons. The van der Waals surface area contributed by atoms with Crippen molar-refractivity contribution in [3.8, 4) is 0 Å². The van der Waals surface area contributed by atoms with E-state index in [1.54, 1.807) is 16.1 Å². The molecule has 1 saturated heterocycles. The van der Waals surface area contributed by atoms with Crippen LogP contribution >= 0.6 is 11.8 Å². The van der Waals surface area contributed by atoms with E-state index in [9.17, 15) is 13.2 Å². The molecular weight excluding hydrogens is 284 g/mol. The summed E-state index contributed by atoms with van der Waals surface area (Å²) in [5.41, 5.74) is 0. The summed E-state index contributed by atoms with van der Waals surface area (Å²) in [4.78, 5) is 11.8. The predicted octanol–water partition coefficient (Wildman–Crippen LogP) is 0.671. The number of carbonyl (C=O) groups is 1. The Balaban J connectivity index is 1.73. The van der Waals surface area contributed by atoms with Crippen molar-refractivity contribution in [3.05, 3.63) is 0 Å². The van der Waals surface area contributed by atoms with E-state index < -0.39 is 10.0 Å². The van der Waals surface area contributed by atoms with Crippen molar-refractivity contribution in [2.45, 2.75) is 25.7 Å². The normalized spacial score (nSPS) is 22.5. The Morgan fingerprint density at radius 2 is 1.84 bits per heavy atom. The summed E-state index contributed by atoms with van der Waals surface area (Å²) in [5.74, 6) is 1.90. The molecule has 2 fully saturated rings.